The molecule has 0 bridgehead atoms. The minimum absolute atomic E-state index is 0.0623. The summed E-state index contributed by atoms with van der Waals surface area (Å²) in [4.78, 5) is 38.2. The Labute approximate surface area is 425 Å². The topological polar surface area (TPSA) is 78.9 Å². The van der Waals surface area contributed by atoms with E-state index in [1.54, 1.807) is 0 Å². The van der Waals surface area contributed by atoms with Crippen LogP contribution in [-0.4, -0.2) is 37.2 Å². The number of hydrogen-bond donors (Lipinski definition) is 0. The zero-order valence-electron chi connectivity index (χ0n) is 46.7. The van der Waals surface area contributed by atoms with Crippen molar-refractivity contribution >= 4 is 17.9 Å². The van der Waals surface area contributed by atoms with Crippen LogP contribution in [0.3, 0.4) is 0 Å². The van der Waals surface area contributed by atoms with Crippen molar-refractivity contribution in [3.63, 3.8) is 0 Å². The SMILES string of the molecule is CCCCCCCCCCCCCCCCCCCCCC(=O)OC[C@@H](COC(=O)CCCCCCCCCCCCCCC(C)C)OC(=O)CCCCCCCCCCCCCCCC(C)C. The molecule has 0 unspecified atom stereocenters. The highest BCUT2D eigenvalue weighted by atomic mass is 16.6. The summed E-state index contributed by atoms with van der Waals surface area (Å²) in [6.07, 6.45) is 59.6. The predicted molar refractivity (Wildman–Crippen MR) is 293 cm³/mol. The molecule has 0 aromatic heterocycles. The number of ether oxygens (including phenoxy) is 3. The van der Waals surface area contributed by atoms with Crippen molar-refractivity contribution in [2.75, 3.05) is 13.2 Å². The maximum absolute atomic E-state index is 12.9. The summed E-state index contributed by atoms with van der Waals surface area (Å²) in [5, 5.41) is 0. The minimum atomic E-state index is -0.763. The first kappa shape index (κ1) is 66.4. The van der Waals surface area contributed by atoms with Crippen LogP contribution < -0.4 is 0 Å². The highest BCUT2D eigenvalue weighted by Gasteiger charge is 2.19. The molecular weight excluding hydrogens is 841 g/mol. The van der Waals surface area contributed by atoms with Crippen LogP contribution in [-0.2, 0) is 28.6 Å². The number of carbonyl (C=O) groups excluding carboxylic acids is 3. The summed E-state index contributed by atoms with van der Waals surface area (Å²) in [6.45, 7) is 11.4. The fraction of sp³-hybridized carbons (Fsp3) is 0.952. The Hall–Kier alpha value is -1.59. The number of carbonyl (C=O) groups is 3. The average molecular weight is 962 g/mol. The number of esters is 3. The van der Waals surface area contributed by atoms with Crippen LogP contribution in [0.5, 0.6) is 0 Å². The summed E-state index contributed by atoms with van der Waals surface area (Å²) in [5.74, 6) is 0.837. The molecule has 0 saturated heterocycles. The van der Waals surface area contributed by atoms with Crippen molar-refractivity contribution in [2.45, 2.75) is 355 Å². The van der Waals surface area contributed by atoms with Crippen LogP contribution in [0.15, 0.2) is 0 Å². The maximum Gasteiger partial charge on any atom is 0.306 e. The monoisotopic (exact) mass is 961 g/mol. The van der Waals surface area contributed by atoms with Gasteiger partial charge in [0.1, 0.15) is 13.2 Å². The summed E-state index contributed by atoms with van der Waals surface area (Å²) < 4.78 is 16.9. The number of rotatable bonds is 56. The van der Waals surface area contributed by atoms with Crippen molar-refractivity contribution in [1.82, 2.24) is 0 Å². The maximum atomic E-state index is 12.9. The van der Waals surface area contributed by atoms with E-state index in [2.05, 4.69) is 34.6 Å². The van der Waals surface area contributed by atoms with Gasteiger partial charge in [-0.15, -0.1) is 0 Å². The van der Waals surface area contributed by atoms with Crippen molar-refractivity contribution in [3.05, 3.63) is 0 Å². The van der Waals surface area contributed by atoms with Gasteiger partial charge in [0.2, 0.25) is 0 Å². The van der Waals surface area contributed by atoms with Gasteiger partial charge in [0.05, 0.1) is 0 Å². The summed E-state index contributed by atoms with van der Waals surface area (Å²) >= 11 is 0. The first-order chi connectivity index (χ1) is 33.2. The van der Waals surface area contributed by atoms with E-state index >= 15 is 0 Å². The van der Waals surface area contributed by atoms with Crippen LogP contribution in [0.1, 0.15) is 349 Å². The Morgan fingerprint density at radius 3 is 0.721 bits per heavy atom. The second kappa shape index (κ2) is 54.7. The minimum Gasteiger partial charge on any atom is -0.462 e. The van der Waals surface area contributed by atoms with E-state index in [1.807, 2.05) is 0 Å². The molecule has 6 heteroatoms. The van der Waals surface area contributed by atoms with Crippen LogP contribution in [0.25, 0.3) is 0 Å². The summed E-state index contributed by atoms with van der Waals surface area (Å²) in [6, 6.07) is 0. The second-order valence-corrected chi connectivity index (χ2v) is 22.3. The quantitative estimate of drug-likeness (QED) is 0.0343. The zero-order valence-corrected chi connectivity index (χ0v) is 46.7. The van der Waals surface area contributed by atoms with E-state index in [9.17, 15) is 14.4 Å². The molecule has 0 aliphatic rings. The van der Waals surface area contributed by atoms with Crippen molar-refractivity contribution in [2.24, 2.45) is 11.8 Å². The Balaban J connectivity index is 4.28. The van der Waals surface area contributed by atoms with Crippen LogP contribution in [0.2, 0.25) is 0 Å². The zero-order chi connectivity index (χ0) is 49.6. The predicted octanol–water partition coefficient (Wildman–Crippen LogP) is 20.4. The lowest BCUT2D eigenvalue weighted by atomic mass is 10.0. The molecule has 6 nitrogen and oxygen atoms in total. The highest BCUT2D eigenvalue weighted by molar-refractivity contribution is 5.71. The molecule has 0 radical (unpaired) electrons. The Bertz CT molecular complexity index is 1040. The number of unbranched alkanes of at least 4 members (excludes halogenated alkanes) is 41. The van der Waals surface area contributed by atoms with Gasteiger partial charge >= 0.3 is 17.9 Å². The fourth-order valence-corrected chi connectivity index (χ4v) is 9.58. The smallest absolute Gasteiger partial charge is 0.306 e. The summed E-state index contributed by atoms with van der Waals surface area (Å²) in [7, 11) is 0. The molecule has 0 aliphatic carbocycles. The third-order valence-electron chi connectivity index (χ3n) is 14.2. The van der Waals surface area contributed by atoms with Gasteiger partial charge in [0.25, 0.3) is 0 Å². The van der Waals surface area contributed by atoms with Crippen LogP contribution >= 0.6 is 0 Å². The second-order valence-electron chi connectivity index (χ2n) is 22.3. The normalized spacial score (nSPS) is 12.0. The fourth-order valence-electron chi connectivity index (χ4n) is 9.58. The average Bonchev–Trinajstić information content (AvgIpc) is 3.31. The van der Waals surface area contributed by atoms with Gasteiger partial charge in [-0.25, -0.2) is 0 Å². The van der Waals surface area contributed by atoms with E-state index < -0.39 is 6.10 Å². The van der Waals surface area contributed by atoms with Gasteiger partial charge in [0.15, 0.2) is 6.10 Å². The molecule has 404 valence electrons. The molecule has 0 N–H and O–H groups in total. The third kappa shape index (κ3) is 55.3. The van der Waals surface area contributed by atoms with Gasteiger partial charge in [-0.3, -0.25) is 14.4 Å². The van der Waals surface area contributed by atoms with Crippen molar-refractivity contribution in [3.8, 4) is 0 Å². The molecule has 0 rings (SSSR count). The molecule has 68 heavy (non-hydrogen) atoms. The van der Waals surface area contributed by atoms with Crippen LogP contribution in [0.4, 0.5) is 0 Å². The summed E-state index contributed by atoms with van der Waals surface area (Å²) in [5.41, 5.74) is 0. The van der Waals surface area contributed by atoms with E-state index in [0.717, 1.165) is 69.6 Å². The molecule has 0 amide bonds. The Kier molecular flexibility index (Phi) is 53.5. The highest BCUT2D eigenvalue weighted by Crippen LogP contribution is 2.19. The molecule has 0 aromatic carbocycles. The first-order valence-electron chi connectivity index (χ1n) is 30.7. The molecule has 0 aromatic rings. The molecule has 0 saturated carbocycles. The molecule has 0 fully saturated rings. The largest absolute Gasteiger partial charge is 0.462 e. The van der Waals surface area contributed by atoms with E-state index in [1.165, 1.54) is 238 Å². The lowest BCUT2D eigenvalue weighted by molar-refractivity contribution is -0.167. The van der Waals surface area contributed by atoms with Gasteiger partial charge in [0, 0.05) is 19.3 Å². The number of hydrogen-bond acceptors (Lipinski definition) is 6. The Morgan fingerprint density at radius 1 is 0.279 bits per heavy atom. The van der Waals surface area contributed by atoms with E-state index in [0.29, 0.717) is 19.3 Å². The van der Waals surface area contributed by atoms with Gasteiger partial charge in [-0.05, 0) is 31.1 Å². The van der Waals surface area contributed by atoms with Crippen molar-refractivity contribution in [1.29, 1.82) is 0 Å². The third-order valence-corrected chi connectivity index (χ3v) is 14.2. The van der Waals surface area contributed by atoms with Crippen molar-refractivity contribution < 1.29 is 28.6 Å². The van der Waals surface area contributed by atoms with Gasteiger partial charge < -0.3 is 14.2 Å². The lowest BCUT2D eigenvalue weighted by Gasteiger charge is -2.18. The molecular formula is C62H120O6. The standard InChI is InChI=1S/C62H120O6/c1-6-7-8-9-10-11-12-13-14-15-16-17-18-21-27-32-37-42-47-52-60(63)66-55-59(56-67-61(64)53-48-43-38-33-28-24-23-26-31-36-41-46-51-58(4)5)68-62(65)54-49-44-39-34-29-22-19-20-25-30-35-40-45-50-57(2)3/h57-59H,6-56H2,1-5H3/t59-/m0/s1. The first-order valence-corrected chi connectivity index (χ1v) is 30.7. The Morgan fingerprint density at radius 2 is 0.485 bits per heavy atom. The van der Waals surface area contributed by atoms with E-state index in [-0.39, 0.29) is 31.1 Å². The van der Waals surface area contributed by atoms with Crippen LogP contribution in [0, 0.1) is 11.8 Å². The van der Waals surface area contributed by atoms with E-state index in [4.69, 9.17) is 14.2 Å². The molecule has 0 spiro atoms. The van der Waals surface area contributed by atoms with Gasteiger partial charge in [-0.1, -0.05) is 311 Å². The molecule has 0 aliphatic heterocycles. The molecule has 1 atom stereocenters. The molecule has 0 heterocycles. The lowest BCUT2D eigenvalue weighted by Crippen LogP contribution is -2.30. The van der Waals surface area contributed by atoms with Gasteiger partial charge in [-0.2, -0.15) is 0 Å².